The summed E-state index contributed by atoms with van der Waals surface area (Å²) >= 11 is 0. The van der Waals surface area contributed by atoms with Crippen molar-refractivity contribution >= 4 is 11.9 Å². The molecule has 3 rings (SSSR count). The summed E-state index contributed by atoms with van der Waals surface area (Å²) in [6, 6.07) is 27.2. The van der Waals surface area contributed by atoms with Crippen LogP contribution < -0.4 is 0 Å². The molecule has 0 heterocycles. The highest BCUT2D eigenvalue weighted by Crippen LogP contribution is 2.10. The number of carbonyl (C=O) groups excluding carboxylic acids is 2. The molecule has 0 aliphatic carbocycles. The van der Waals surface area contributed by atoms with Crippen molar-refractivity contribution in [3.8, 4) is 0 Å². The molecule has 0 saturated carbocycles. The lowest BCUT2D eigenvalue weighted by molar-refractivity contribution is -0.0126. The molecule has 0 radical (unpaired) electrons. The van der Waals surface area contributed by atoms with E-state index in [9.17, 15) is 9.59 Å². The molecular formula is C25H24O5. The fraction of sp³-hybridized carbons (Fsp3) is 0.200. The Morgan fingerprint density at radius 1 is 0.700 bits per heavy atom. The molecule has 0 fully saturated rings. The monoisotopic (exact) mass is 404 g/mol. The topological polar surface area (TPSA) is 61.8 Å². The quantitative estimate of drug-likeness (QED) is 0.363. The summed E-state index contributed by atoms with van der Waals surface area (Å²) in [5.74, 6) is -0.916. The van der Waals surface area contributed by atoms with E-state index in [0.717, 1.165) is 5.56 Å². The van der Waals surface area contributed by atoms with Gasteiger partial charge in [-0.05, 0) is 29.8 Å². The second-order valence-electron chi connectivity index (χ2n) is 6.68. The predicted octanol–water partition coefficient (Wildman–Crippen LogP) is 4.68. The van der Waals surface area contributed by atoms with Gasteiger partial charge in [0.1, 0.15) is 12.7 Å². The summed E-state index contributed by atoms with van der Waals surface area (Å²) < 4.78 is 16.6. The summed E-state index contributed by atoms with van der Waals surface area (Å²) in [7, 11) is 0. The Labute approximate surface area is 176 Å². The van der Waals surface area contributed by atoms with Crippen LogP contribution in [0.2, 0.25) is 0 Å². The summed E-state index contributed by atoms with van der Waals surface area (Å²) in [5, 5.41) is 0. The van der Waals surface area contributed by atoms with E-state index in [0.29, 0.717) is 30.8 Å². The third-order valence-electron chi connectivity index (χ3n) is 4.39. The van der Waals surface area contributed by atoms with Gasteiger partial charge >= 0.3 is 11.9 Å². The van der Waals surface area contributed by atoms with Crippen molar-refractivity contribution in [1.29, 1.82) is 0 Å². The van der Waals surface area contributed by atoms with Gasteiger partial charge in [-0.1, -0.05) is 66.7 Å². The molecule has 0 aliphatic heterocycles. The van der Waals surface area contributed by atoms with Crippen molar-refractivity contribution in [2.24, 2.45) is 0 Å². The minimum absolute atomic E-state index is 0.0407. The number of carbonyl (C=O) groups is 2. The van der Waals surface area contributed by atoms with Gasteiger partial charge in [0.05, 0.1) is 24.3 Å². The summed E-state index contributed by atoms with van der Waals surface area (Å²) in [5.41, 5.74) is 1.96. The van der Waals surface area contributed by atoms with Crippen molar-refractivity contribution in [2.45, 2.75) is 19.1 Å². The van der Waals surface area contributed by atoms with Gasteiger partial charge in [0.2, 0.25) is 0 Å². The van der Waals surface area contributed by atoms with Crippen molar-refractivity contribution < 1.29 is 23.8 Å². The van der Waals surface area contributed by atoms with Crippen molar-refractivity contribution in [3.05, 3.63) is 108 Å². The molecule has 0 N–H and O–H groups in total. The standard InChI is InChI=1S/C25H24O5/c26-24(21-12-6-2-7-13-21)29-19-23(30-25(27)22-14-8-3-9-15-22)16-17-28-18-20-10-4-1-5-11-20/h1-15,23H,16-19H2/t23-/m0/s1. The van der Waals surface area contributed by atoms with E-state index < -0.39 is 18.0 Å². The van der Waals surface area contributed by atoms with Gasteiger partial charge in [0.15, 0.2) is 0 Å². The molecular weight excluding hydrogens is 380 g/mol. The normalized spacial score (nSPS) is 11.5. The van der Waals surface area contributed by atoms with Crippen LogP contribution in [0.4, 0.5) is 0 Å². The lowest BCUT2D eigenvalue weighted by atomic mass is 10.2. The molecule has 3 aromatic carbocycles. The molecule has 0 aromatic heterocycles. The molecule has 1 atom stereocenters. The highest BCUT2D eigenvalue weighted by Gasteiger charge is 2.19. The largest absolute Gasteiger partial charge is 0.458 e. The van der Waals surface area contributed by atoms with Crippen LogP contribution in [0.25, 0.3) is 0 Å². The van der Waals surface area contributed by atoms with Gasteiger partial charge in [-0.3, -0.25) is 0 Å². The summed E-state index contributed by atoms with van der Waals surface area (Å²) in [6.45, 7) is 0.787. The van der Waals surface area contributed by atoms with Crippen LogP contribution in [0.5, 0.6) is 0 Å². The minimum Gasteiger partial charge on any atom is -0.458 e. The molecule has 0 bridgehead atoms. The number of hydrogen-bond donors (Lipinski definition) is 0. The van der Waals surface area contributed by atoms with Gasteiger partial charge in [0, 0.05) is 6.42 Å². The molecule has 5 heteroatoms. The van der Waals surface area contributed by atoms with Crippen LogP contribution in [-0.4, -0.2) is 31.3 Å². The highest BCUT2D eigenvalue weighted by molar-refractivity contribution is 5.90. The van der Waals surface area contributed by atoms with Gasteiger partial charge in [-0.2, -0.15) is 0 Å². The van der Waals surface area contributed by atoms with E-state index in [1.54, 1.807) is 48.5 Å². The number of benzene rings is 3. The fourth-order valence-corrected chi connectivity index (χ4v) is 2.78. The lowest BCUT2D eigenvalue weighted by Gasteiger charge is -2.18. The first kappa shape index (κ1) is 21.3. The second kappa shape index (κ2) is 11.5. The van der Waals surface area contributed by atoms with Crippen LogP contribution in [0, 0.1) is 0 Å². The summed E-state index contributed by atoms with van der Waals surface area (Å²) in [4.78, 5) is 24.6. The minimum atomic E-state index is -0.610. The Bertz CT molecular complexity index is 910. The van der Waals surface area contributed by atoms with E-state index in [-0.39, 0.29) is 6.61 Å². The van der Waals surface area contributed by atoms with Gasteiger partial charge in [-0.25, -0.2) is 9.59 Å². The van der Waals surface area contributed by atoms with Gasteiger partial charge < -0.3 is 14.2 Å². The Morgan fingerprint density at radius 2 is 1.23 bits per heavy atom. The molecule has 0 amide bonds. The van der Waals surface area contributed by atoms with E-state index >= 15 is 0 Å². The Balaban J connectivity index is 1.54. The number of ether oxygens (including phenoxy) is 3. The smallest absolute Gasteiger partial charge is 0.338 e. The predicted molar refractivity (Wildman–Crippen MR) is 113 cm³/mol. The molecule has 0 unspecified atom stereocenters. The van der Waals surface area contributed by atoms with E-state index in [1.165, 1.54) is 0 Å². The highest BCUT2D eigenvalue weighted by atomic mass is 16.6. The Kier molecular flexibility index (Phi) is 8.18. The summed E-state index contributed by atoms with van der Waals surface area (Å²) in [6.07, 6.45) is -0.200. The van der Waals surface area contributed by atoms with Crippen LogP contribution in [-0.2, 0) is 20.8 Å². The zero-order valence-electron chi connectivity index (χ0n) is 16.6. The Morgan fingerprint density at radius 3 is 1.83 bits per heavy atom. The molecule has 154 valence electrons. The average molecular weight is 404 g/mol. The third kappa shape index (κ3) is 6.87. The SMILES string of the molecule is O=C(OC[C@H](CCOCc1ccccc1)OC(=O)c1ccccc1)c1ccccc1. The number of esters is 2. The fourth-order valence-electron chi connectivity index (χ4n) is 2.78. The molecule has 0 spiro atoms. The van der Waals surface area contributed by atoms with E-state index in [2.05, 4.69) is 0 Å². The van der Waals surface area contributed by atoms with Crippen LogP contribution in [0.15, 0.2) is 91.0 Å². The van der Waals surface area contributed by atoms with Crippen molar-refractivity contribution in [1.82, 2.24) is 0 Å². The lowest BCUT2D eigenvalue weighted by Crippen LogP contribution is -2.27. The maximum absolute atomic E-state index is 12.4. The van der Waals surface area contributed by atoms with Gasteiger partial charge in [-0.15, -0.1) is 0 Å². The zero-order chi connectivity index (χ0) is 21.0. The second-order valence-corrected chi connectivity index (χ2v) is 6.68. The van der Waals surface area contributed by atoms with Crippen molar-refractivity contribution in [3.63, 3.8) is 0 Å². The third-order valence-corrected chi connectivity index (χ3v) is 4.39. The molecule has 5 nitrogen and oxygen atoms in total. The number of rotatable bonds is 10. The number of hydrogen-bond acceptors (Lipinski definition) is 5. The van der Waals surface area contributed by atoms with Crippen molar-refractivity contribution in [2.75, 3.05) is 13.2 Å². The van der Waals surface area contributed by atoms with E-state index in [4.69, 9.17) is 14.2 Å². The van der Waals surface area contributed by atoms with Crippen LogP contribution in [0.1, 0.15) is 32.7 Å². The maximum Gasteiger partial charge on any atom is 0.338 e. The first-order chi connectivity index (χ1) is 14.7. The molecule has 3 aromatic rings. The van der Waals surface area contributed by atoms with Crippen LogP contribution >= 0.6 is 0 Å². The molecule has 30 heavy (non-hydrogen) atoms. The van der Waals surface area contributed by atoms with Gasteiger partial charge in [0.25, 0.3) is 0 Å². The first-order valence-electron chi connectivity index (χ1n) is 9.82. The first-order valence-corrected chi connectivity index (χ1v) is 9.82. The van der Waals surface area contributed by atoms with Crippen LogP contribution in [0.3, 0.4) is 0 Å². The van der Waals surface area contributed by atoms with E-state index in [1.807, 2.05) is 42.5 Å². The average Bonchev–Trinajstić information content (AvgIpc) is 2.81. The zero-order valence-corrected chi connectivity index (χ0v) is 16.6. The Hall–Kier alpha value is -3.44. The maximum atomic E-state index is 12.4. The molecule has 0 saturated heterocycles. The molecule has 0 aliphatic rings.